The van der Waals surface area contributed by atoms with Crippen molar-refractivity contribution in [2.75, 3.05) is 25.4 Å². The molecule has 2 aromatic carbocycles. The summed E-state index contributed by atoms with van der Waals surface area (Å²) in [5, 5.41) is 3.67. The summed E-state index contributed by atoms with van der Waals surface area (Å²) in [6.07, 6.45) is 2.91. The highest BCUT2D eigenvalue weighted by molar-refractivity contribution is 8.00. The van der Waals surface area contributed by atoms with Gasteiger partial charge in [0.25, 0.3) is 5.91 Å². The molecule has 1 saturated heterocycles. The van der Waals surface area contributed by atoms with Crippen LogP contribution in [0.5, 0.6) is 0 Å². The summed E-state index contributed by atoms with van der Waals surface area (Å²) in [6.45, 7) is 2.25. The van der Waals surface area contributed by atoms with E-state index in [2.05, 4.69) is 5.32 Å². The predicted molar refractivity (Wildman–Crippen MR) is 110 cm³/mol. The smallest absolute Gasteiger partial charge is 0.252 e. The third-order valence-electron chi connectivity index (χ3n) is 4.55. The molecule has 1 N–H and O–H groups in total. The fourth-order valence-corrected chi connectivity index (χ4v) is 4.12. The van der Waals surface area contributed by atoms with Gasteiger partial charge < -0.3 is 10.2 Å². The first-order chi connectivity index (χ1) is 13.1. The quantitative estimate of drug-likeness (QED) is 0.711. The van der Waals surface area contributed by atoms with Crippen LogP contribution in [0.3, 0.4) is 0 Å². The Hall–Kier alpha value is -1.98. The molecule has 0 radical (unpaired) electrons. The van der Waals surface area contributed by atoms with Gasteiger partial charge >= 0.3 is 0 Å². The normalized spacial score (nSPS) is 13.6. The van der Waals surface area contributed by atoms with Crippen LogP contribution in [0.4, 0.5) is 0 Å². The molecule has 0 aliphatic carbocycles. The number of halogens is 1. The number of likely N-dealkylation sites (tertiary alicyclic amines) is 1. The van der Waals surface area contributed by atoms with E-state index in [9.17, 15) is 9.59 Å². The van der Waals surface area contributed by atoms with Gasteiger partial charge in [-0.3, -0.25) is 9.59 Å². The van der Waals surface area contributed by atoms with E-state index in [0.29, 0.717) is 22.9 Å². The van der Waals surface area contributed by atoms with Crippen molar-refractivity contribution >= 4 is 35.2 Å². The Balaban J connectivity index is 1.53. The number of carbonyl (C=O) groups is 2. The zero-order valence-corrected chi connectivity index (χ0v) is 16.7. The summed E-state index contributed by atoms with van der Waals surface area (Å²) < 4.78 is 0. The molecule has 0 spiro atoms. The highest BCUT2D eigenvalue weighted by Crippen LogP contribution is 2.23. The van der Waals surface area contributed by atoms with E-state index in [0.717, 1.165) is 42.8 Å². The van der Waals surface area contributed by atoms with E-state index in [1.54, 1.807) is 6.07 Å². The van der Waals surface area contributed by atoms with Crippen LogP contribution in [0.2, 0.25) is 5.02 Å². The molecule has 1 aliphatic rings. The maximum absolute atomic E-state index is 12.6. The second-order valence-electron chi connectivity index (χ2n) is 6.51. The molecule has 2 amide bonds. The lowest BCUT2D eigenvalue weighted by Crippen LogP contribution is -2.29. The number of hydrogen-bond acceptors (Lipinski definition) is 3. The Morgan fingerprint density at radius 3 is 2.48 bits per heavy atom. The minimum absolute atomic E-state index is 0.110. The van der Waals surface area contributed by atoms with Crippen LogP contribution in [-0.2, 0) is 11.2 Å². The lowest BCUT2D eigenvalue weighted by molar-refractivity contribution is -0.127. The molecule has 0 bridgehead atoms. The van der Waals surface area contributed by atoms with Crippen LogP contribution in [0, 0.1) is 0 Å². The SMILES string of the molecule is O=C(NCCc1ccc(Cl)cc1)c1ccccc1SCC(=O)N1CCCC1. The third-order valence-corrected chi connectivity index (χ3v) is 5.86. The van der Waals surface area contributed by atoms with Crippen LogP contribution in [0.25, 0.3) is 0 Å². The number of thioether (sulfide) groups is 1. The summed E-state index contributed by atoms with van der Waals surface area (Å²) >= 11 is 7.32. The van der Waals surface area contributed by atoms with Crippen molar-refractivity contribution < 1.29 is 9.59 Å². The summed E-state index contributed by atoms with van der Waals surface area (Å²) in [5.74, 6) is 0.408. The minimum atomic E-state index is -0.110. The van der Waals surface area contributed by atoms with Crippen LogP contribution in [0.1, 0.15) is 28.8 Å². The first-order valence-electron chi connectivity index (χ1n) is 9.16. The second kappa shape index (κ2) is 9.81. The monoisotopic (exact) mass is 402 g/mol. The molecule has 0 unspecified atom stereocenters. The van der Waals surface area contributed by atoms with Gasteiger partial charge in [0.05, 0.1) is 11.3 Å². The van der Waals surface area contributed by atoms with Gasteiger partial charge in [-0.2, -0.15) is 0 Å². The minimum Gasteiger partial charge on any atom is -0.352 e. The first-order valence-corrected chi connectivity index (χ1v) is 10.5. The van der Waals surface area contributed by atoms with Gasteiger partial charge in [0.15, 0.2) is 0 Å². The van der Waals surface area contributed by atoms with E-state index in [4.69, 9.17) is 11.6 Å². The zero-order valence-electron chi connectivity index (χ0n) is 15.1. The molecular weight excluding hydrogens is 380 g/mol. The first kappa shape index (κ1) is 19.8. The fraction of sp³-hybridized carbons (Fsp3) is 0.333. The second-order valence-corrected chi connectivity index (χ2v) is 7.96. The summed E-state index contributed by atoms with van der Waals surface area (Å²) in [6, 6.07) is 15.1. The van der Waals surface area contributed by atoms with E-state index in [1.165, 1.54) is 11.8 Å². The Labute approximate surface area is 169 Å². The van der Waals surface area contributed by atoms with E-state index in [1.807, 2.05) is 47.4 Å². The van der Waals surface area contributed by atoms with Crippen LogP contribution >= 0.6 is 23.4 Å². The molecule has 0 aromatic heterocycles. The van der Waals surface area contributed by atoms with Gasteiger partial charge in [0.2, 0.25) is 5.91 Å². The number of nitrogens with zero attached hydrogens (tertiary/aromatic N) is 1. The van der Waals surface area contributed by atoms with Crippen LogP contribution < -0.4 is 5.32 Å². The summed E-state index contributed by atoms with van der Waals surface area (Å²) in [4.78, 5) is 27.6. The van der Waals surface area contributed by atoms with Crippen molar-refractivity contribution in [2.45, 2.75) is 24.2 Å². The average molecular weight is 403 g/mol. The van der Waals surface area contributed by atoms with Crippen molar-refractivity contribution in [1.82, 2.24) is 10.2 Å². The lowest BCUT2D eigenvalue weighted by atomic mass is 10.1. The Kier molecular flexibility index (Phi) is 7.18. The Morgan fingerprint density at radius 1 is 1.04 bits per heavy atom. The van der Waals surface area contributed by atoms with Gasteiger partial charge in [-0.05, 0) is 49.1 Å². The molecule has 0 saturated carbocycles. The molecule has 0 atom stereocenters. The predicted octanol–water partition coefficient (Wildman–Crippen LogP) is 4.03. The number of carbonyl (C=O) groups excluding carboxylic acids is 2. The number of amides is 2. The molecule has 27 heavy (non-hydrogen) atoms. The summed E-state index contributed by atoms with van der Waals surface area (Å²) in [5.41, 5.74) is 1.74. The Morgan fingerprint density at radius 2 is 1.74 bits per heavy atom. The highest BCUT2D eigenvalue weighted by atomic mass is 35.5. The van der Waals surface area contributed by atoms with Crippen molar-refractivity contribution in [2.24, 2.45) is 0 Å². The molecule has 2 aromatic rings. The maximum Gasteiger partial charge on any atom is 0.252 e. The van der Waals surface area contributed by atoms with Gasteiger partial charge in [0.1, 0.15) is 0 Å². The standard InChI is InChI=1S/C21H23ClN2O2S/c22-17-9-7-16(8-10-17)11-12-23-21(26)18-5-1-2-6-19(18)27-15-20(25)24-13-3-4-14-24/h1-2,5-10H,3-4,11-15H2,(H,23,26). The molecule has 1 fully saturated rings. The van der Waals surface area contributed by atoms with Crippen molar-refractivity contribution in [3.8, 4) is 0 Å². The van der Waals surface area contributed by atoms with E-state index >= 15 is 0 Å². The lowest BCUT2D eigenvalue weighted by Gasteiger charge is -2.15. The number of benzene rings is 2. The molecular formula is C21H23ClN2O2S. The number of nitrogens with one attached hydrogen (secondary N) is 1. The molecule has 6 heteroatoms. The van der Waals surface area contributed by atoms with Crippen molar-refractivity contribution in [3.63, 3.8) is 0 Å². The van der Waals surface area contributed by atoms with Crippen molar-refractivity contribution in [3.05, 3.63) is 64.7 Å². The Bertz CT molecular complexity index is 789. The number of rotatable bonds is 7. The molecule has 1 aliphatic heterocycles. The van der Waals surface area contributed by atoms with Crippen LogP contribution in [-0.4, -0.2) is 42.1 Å². The largest absolute Gasteiger partial charge is 0.352 e. The number of hydrogen-bond donors (Lipinski definition) is 1. The van der Waals surface area contributed by atoms with E-state index in [-0.39, 0.29) is 11.8 Å². The topological polar surface area (TPSA) is 49.4 Å². The van der Waals surface area contributed by atoms with Crippen molar-refractivity contribution in [1.29, 1.82) is 0 Å². The van der Waals surface area contributed by atoms with E-state index < -0.39 is 0 Å². The maximum atomic E-state index is 12.6. The molecule has 4 nitrogen and oxygen atoms in total. The molecule has 1 heterocycles. The van der Waals surface area contributed by atoms with Gasteiger partial charge in [-0.25, -0.2) is 0 Å². The molecule has 3 rings (SSSR count). The summed E-state index contributed by atoms with van der Waals surface area (Å²) in [7, 11) is 0. The third kappa shape index (κ3) is 5.75. The highest BCUT2D eigenvalue weighted by Gasteiger charge is 2.19. The zero-order chi connectivity index (χ0) is 19.1. The van der Waals surface area contributed by atoms with Gasteiger partial charge in [0, 0.05) is 29.6 Å². The van der Waals surface area contributed by atoms with Gasteiger partial charge in [-0.1, -0.05) is 35.9 Å². The average Bonchev–Trinajstić information content (AvgIpc) is 3.23. The molecule has 142 valence electrons. The van der Waals surface area contributed by atoms with Crippen LogP contribution in [0.15, 0.2) is 53.4 Å². The fourth-order valence-electron chi connectivity index (χ4n) is 3.04. The van der Waals surface area contributed by atoms with Gasteiger partial charge in [-0.15, -0.1) is 11.8 Å².